The third-order valence-electron chi connectivity index (χ3n) is 8.53. The van der Waals surface area contributed by atoms with Crippen LogP contribution < -0.4 is 15.6 Å². The van der Waals surface area contributed by atoms with E-state index in [0.717, 1.165) is 23.2 Å². The summed E-state index contributed by atoms with van der Waals surface area (Å²) in [7, 11) is 0. The number of hydrogen-bond acceptors (Lipinski definition) is 6. The maximum Gasteiger partial charge on any atom is 0.331 e. The molecule has 3 aliphatic rings. The van der Waals surface area contributed by atoms with Crippen LogP contribution in [-0.2, 0) is 29.1 Å². The number of nitrogens with zero attached hydrogens (tertiary/aromatic N) is 3. The number of aromatic nitrogens is 1. The van der Waals surface area contributed by atoms with Crippen LogP contribution >= 0.6 is 0 Å². The lowest BCUT2D eigenvalue weighted by Gasteiger charge is -2.47. The average Bonchev–Trinajstić information content (AvgIpc) is 2.96. The summed E-state index contributed by atoms with van der Waals surface area (Å²) in [6.07, 6.45) is 1.11. The second-order valence-corrected chi connectivity index (χ2v) is 11.4. The molecule has 2 fully saturated rings. The molecule has 212 valence electrons. The SMILES string of the molecule is CCOc1ccc(C[C@]2(CN3C[C@H]4C[C@@H](C3)c3cccc(=O)n3C4)C(=O)NC(=O)N(Cc3ccccc3)C2=O)cc1. The first-order chi connectivity index (χ1) is 19.9. The van der Waals surface area contributed by atoms with Crippen LogP contribution in [0.3, 0.4) is 0 Å². The summed E-state index contributed by atoms with van der Waals surface area (Å²) in [5, 5.41) is 2.52. The van der Waals surface area contributed by atoms with Gasteiger partial charge in [0.15, 0.2) is 0 Å². The largest absolute Gasteiger partial charge is 0.494 e. The number of piperidine rings is 1. The highest BCUT2D eigenvalue weighted by Gasteiger charge is 2.55. The Kier molecular flexibility index (Phi) is 7.21. The third-order valence-corrected chi connectivity index (χ3v) is 8.53. The van der Waals surface area contributed by atoms with E-state index >= 15 is 0 Å². The number of carbonyl (C=O) groups excluding carboxylic acids is 3. The molecule has 2 aromatic carbocycles. The van der Waals surface area contributed by atoms with E-state index in [1.54, 1.807) is 12.1 Å². The number of carbonyl (C=O) groups is 3. The maximum atomic E-state index is 14.4. The van der Waals surface area contributed by atoms with Crippen LogP contribution in [0, 0.1) is 11.3 Å². The van der Waals surface area contributed by atoms with Crippen LogP contribution in [0.1, 0.15) is 36.1 Å². The number of urea groups is 1. The second-order valence-electron chi connectivity index (χ2n) is 11.4. The Bertz CT molecular complexity index is 1520. The number of amides is 4. The van der Waals surface area contributed by atoms with Crippen molar-refractivity contribution in [1.82, 2.24) is 19.7 Å². The molecule has 2 bridgehead atoms. The molecule has 3 aromatic rings. The van der Waals surface area contributed by atoms with Crippen molar-refractivity contribution >= 4 is 17.8 Å². The van der Waals surface area contributed by atoms with Crippen LogP contribution in [0.15, 0.2) is 77.6 Å². The molecule has 3 atom stereocenters. The number of benzene rings is 2. The summed E-state index contributed by atoms with van der Waals surface area (Å²) in [5.41, 5.74) is 1.11. The smallest absolute Gasteiger partial charge is 0.331 e. The molecule has 1 aromatic heterocycles. The van der Waals surface area contributed by atoms with E-state index in [0.29, 0.717) is 32.0 Å². The Labute approximate surface area is 238 Å². The molecule has 6 rings (SSSR count). The Balaban J connectivity index is 1.34. The number of pyridine rings is 1. The molecule has 4 amide bonds. The summed E-state index contributed by atoms with van der Waals surface area (Å²) in [6.45, 7) is 4.60. The van der Waals surface area contributed by atoms with Gasteiger partial charge >= 0.3 is 6.03 Å². The molecule has 0 saturated carbocycles. The van der Waals surface area contributed by atoms with Gasteiger partial charge in [0.2, 0.25) is 11.8 Å². The summed E-state index contributed by atoms with van der Waals surface area (Å²) in [6, 6.07) is 21.4. The van der Waals surface area contributed by atoms with Crippen molar-refractivity contribution in [3.05, 3.63) is 100.0 Å². The zero-order valence-corrected chi connectivity index (χ0v) is 23.1. The lowest BCUT2D eigenvalue weighted by Crippen LogP contribution is -2.67. The molecule has 4 heterocycles. The van der Waals surface area contributed by atoms with Crippen molar-refractivity contribution < 1.29 is 19.1 Å². The van der Waals surface area contributed by atoms with Crippen LogP contribution in [0.2, 0.25) is 0 Å². The summed E-state index contributed by atoms with van der Waals surface area (Å²) >= 11 is 0. The van der Waals surface area contributed by atoms with Gasteiger partial charge in [0.25, 0.3) is 5.56 Å². The first-order valence-corrected chi connectivity index (χ1v) is 14.2. The predicted octanol–water partition coefficient (Wildman–Crippen LogP) is 3.17. The van der Waals surface area contributed by atoms with E-state index in [1.807, 2.05) is 72.2 Å². The van der Waals surface area contributed by atoms with Crippen molar-refractivity contribution in [2.24, 2.45) is 11.3 Å². The van der Waals surface area contributed by atoms with Gasteiger partial charge in [0, 0.05) is 43.9 Å². The van der Waals surface area contributed by atoms with Crippen LogP contribution in [0.4, 0.5) is 4.79 Å². The fourth-order valence-corrected chi connectivity index (χ4v) is 6.72. The van der Waals surface area contributed by atoms with Gasteiger partial charge in [-0.2, -0.15) is 0 Å². The third kappa shape index (κ3) is 5.17. The number of barbiturate groups is 1. The van der Waals surface area contributed by atoms with Crippen molar-refractivity contribution in [1.29, 1.82) is 0 Å². The molecule has 41 heavy (non-hydrogen) atoms. The highest BCUT2D eigenvalue weighted by atomic mass is 16.5. The van der Waals surface area contributed by atoms with Crippen molar-refractivity contribution in [2.45, 2.75) is 38.8 Å². The molecule has 1 N–H and O–H groups in total. The van der Waals surface area contributed by atoms with Gasteiger partial charge in [-0.25, -0.2) is 4.79 Å². The Morgan fingerprint density at radius 2 is 1.66 bits per heavy atom. The van der Waals surface area contributed by atoms with Crippen LogP contribution in [0.25, 0.3) is 0 Å². The number of fused-ring (bicyclic) bond motifs is 4. The van der Waals surface area contributed by atoms with E-state index in [-0.39, 0.29) is 36.9 Å². The molecule has 9 heteroatoms. The number of imide groups is 2. The van der Waals surface area contributed by atoms with Gasteiger partial charge in [-0.05, 0) is 55.0 Å². The Morgan fingerprint density at radius 1 is 0.878 bits per heavy atom. The molecule has 0 radical (unpaired) electrons. The molecule has 2 saturated heterocycles. The number of likely N-dealkylation sites (tertiary alicyclic amines) is 1. The Hall–Kier alpha value is -4.24. The molecular weight excluding hydrogens is 520 g/mol. The number of ether oxygens (including phenoxy) is 1. The lowest BCUT2D eigenvalue weighted by atomic mass is 9.75. The highest BCUT2D eigenvalue weighted by Crippen LogP contribution is 2.38. The number of nitrogens with one attached hydrogen (secondary N) is 1. The lowest BCUT2D eigenvalue weighted by molar-refractivity contribution is -0.154. The minimum atomic E-state index is -1.50. The van der Waals surface area contributed by atoms with Crippen LogP contribution in [-0.4, -0.2) is 58.5 Å². The quantitative estimate of drug-likeness (QED) is 0.430. The van der Waals surface area contributed by atoms with Gasteiger partial charge < -0.3 is 14.2 Å². The molecular formula is C32H34N4O5. The second kappa shape index (κ2) is 11.0. The summed E-state index contributed by atoms with van der Waals surface area (Å²) < 4.78 is 7.45. The van der Waals surface area contributed by atoms with Gasteiger partial charge in [0.05, 0.1) is 13.2 Å². The molecule has 3 aliphatic heterocycles. The molecule has 0 aliphatic carbocycles. The summed E-state index contributed by atoms with van der Waals surface area (Å²) in [5.74, 6) is 0.00757. The first kappa shape index (κ1) is 27.0. The van der Waals surface area contributed by atoms with Gasteiger partial charge in [-0.15, -0.1) is 0 Å². The van der Waals surface area contributed by atoms with Crippen molar-refractivity contribution in [3.8, 4) is 5.75 Å². The monoisotopic (exact) mass is 554 g/mol. The highest BCUT2D eigenvalue weighted by molar-refractivity contribution is 6.19. The number of rotatable bonds is 8. The zero-order valence-electron chi connectivity index (χ0n) is 23.1. The molecule has 9 nitrogen and oxygen atoms in total. The van der Waals surface area contributed by atoms with Gasteiger partial charge in [-0.1, -0.05) is 48.5 Å². The topological polar surface area (TPSA) is 101 Å². The van der Waals surface area contributed by atoms with Gasteiger partial charge in [-0.3, -0.25) is 24.6 Å². The fraction of sp³-hybridized carbons (Fsp3) is 0.375. The van der Waals surface area contributed by atoms with Crippen molar-refractivity contribution in [3.63, 3.8) is 0 Å². The van der Waals surface area contributed by atoms with E-state index in [1.165, 1.54) is 4.90 Å². The van der Waals surface area contributed by atoms with E-state index in [2.05, 4.69) is 10.2 Å². The normalized spacial score (nSPS) is 24.1. The first-order valence-electron chi connectivity index (χ1n) is 14.2. The van der Waals surface area contributed by atoms with E-state index < -0.39 is 23.3 Å². The minimum Gasteiger partial charge on any atom is -0.494 e. The summed E-state index contributed by atoms with van der Waals surface area (Å²) in [4.78, 5) is 57.0. The van der Waals surface area contributed by atoms with E-state index in [9.17, 15) is 19.2 Å². The average molecular weight is 555 g/mol. The standard InChI is InChI=1S/C32H34N4O5/c1-2-41-26-13-11-22(12-14-26)16-32(29(38)33-31(40)36(30(32)39)18-23-7-4-3-5-8-23)21-34-17-24-15-25(20-34)27-9-6-10-28(37)35(27)19-24/h3-14,24-25H,2,15-21H2,1H3,(H,33,38,40)/t24-,25+,32+/m1/s1. The zero-order chi connectivity index (χ0) is 28.6. The van der Waals surface area contributed by atoms with Crippen molar-refractivity contribution in [2.75, 3.05) is 26.2 Å². The number of hydrogen-bond donors (Lipinski definition) is 1. The molecule has 0 spiro atoms. The van der Waals surface area contributed by atoms with Gasteiger partial charge in [0.1, 0.15) is 11.2 Å². The maximum absolute atomic E-state index is 14.4. The fourth-order valence-electron chi connectivity index (χ4n) is 6.72. The molecule has 0 unspecified atom stereocenters. The van der Waals surface area contributed by atoms with E-state index in [4.69, 9.17) is 4.74 Å². The Morgan fingerprint density at radius 3 is 2.41 bits per heavy atom. The minimum absolute atomic E-state index is 0.00882. The van der Waals surface area contributed by atoms with Crippen LogP contribution in [0.5, 0.6) is 5.75 Å². The predicted molar refractivity (Wildman–Crippen MR) is 152 cm³/mol.